The van der Waals surface area contributed by atoms with Crippen molar-refractivity contribution in [2.45, 2.75) is 45.6 Å². The number of carbonyl (C=O) groups is 1. The predicted molar refractivity (Wildman–Crippen MR) is 115 cm³/mol. The smallest absolute Gasteiger partial charge is 0.325 e. The highest BCUT2D eigenvalue weighted by Crippen LogP contribution is 2.24. The van der Waals surface area contributed by atoms with Gasteiger partial charge in [-0.15, -0.1) is 0 Å². The van der Waals surface area contributed by atoms with Crippen LogP contribution in [0.15, 0.2) is 53.6 Å². The second-order valence-corrected chi connectivity index (χ2v) is 7.58. The average Bonchev–Trinajstić information content (AvgIpc) is 2.74. The third-order valence-electron chi connectivity index (χ3n) is 5.24. The van der Waals surface area contributed by atoms with Gasteiger partial charge in [0.25, 0.3) is 6.07 Å². The van der Waals surface area contributed by atoms with Crippen LogP contribution in [0.5, 0.6) is 0 Å². The maximum atomic E-state index is 12.7. The molecule has 2 aliphatic rings. The second kappa shape index (κ2) is 10.0. The summed E-state index contributed by atoms with van der Waals surface area (Å²) in [6.45, 7) is 3.87. The zero-order chi connectivity index (χ0) is 22.4. The number of rotatable bonds is 4. The minimum Gasteiger partial charge on any atom is -0.492 e. The molecule has 0 aliphatic heterocycles. The van der Waals surface area contributed by atoms with Crippen LogP contribution < -0.4 is 10.0 Å². The molecule has 1 amide bonds. The van der Waals surface area contributed by atoms with Gasteiger partial charge in [-0.25, -0.2) is 0 Å². The van der Waals surface area contributed by atoms with E-state index >= 15 is 0 Å². The highest BCUT2D eigenvalue weighted by Gasteiger charge is 2.26. The van der Waals surface area contributed by atoms with E-state index in [0.29, 0.717) is 29.3 Å². The van der Waals surface area contributed by atoms with Crippen LogP contribution in [-0.2, 0) is 4.74 Å². The molecule has 1 fully saturated rings. The quantitative estimate of drug-likeness (QED) is 0.440. The Morgan fingerprint density at radius 3 is 2.81 bits per heavy atom. The SMILES string of the molecule is CCOC1=CC(=N)/C(=C\[N+]#CC2CCC(O)CC2)C=C1NC(=O)c1cccc(C)[n+]1O. The van der Waals surface area contributed by atoms with Crippen molar-refractivity contribution in [3.63, 3.8) is 0 Å². The maximum Gasteiger partial charge on any atom is 0.325 e. The molecule has 0 unspecified atom stereocenters. The Kier molecular flexibility index (Phi) is 7.21. The number of aliphatic hydroxyl groups is 1. The van der Waals surface area contributed by atoms with Gasteiger partial charge < -0.3 is 15.2 Å². The second-order valence-electron chi connectivity index (χ2n) is 7.58. The monoisotopic (exact) mass is 424 g/mol. The molecule has 1 saturated carbocycles. The van der Waals surface area contributed by atoms with Gasteiger partial charge in [-0.1, -0.05) is 0 Å². The summed E-state index contributed by atoms with van der Waals surface area (Å²) in [6, 6.07) is 7.95. The summed E-state index contributed by atoms with van der Waals surface area (Å²) < 4.78 is 6.41. The van der Waals surface area contributed by atoms with Crippen LogP contribution >= 0.6 is 0 Å². The molecule has 0 radical (unpaired) electrons. The summed E-state index contributed by atoms with van der Waals surface area (Å²) in [5.41, 5.74) is 1.69. The summed E-state index contributed by atoms with van der Waals surface area (Å²) >= 11 is 0. The lowest BCUT2D eigenvalue weighted by Crippen LogP contribution is -2.44. The number of pyridine rings is 1. The van der Waals surface area contributed by atoms with Crippen molar-refractivity contribution in [3.05, 3.63) is 69.8 Å². The van der Waals surface area contributed by atoms with E-state index in [1.54, 1.807) is 25.1 Å². The first-order valence-electron chi connectivity index (χ1n) is 10.4. The first kappa shape index (κ1) is 22.2. The Hall–Kier alpha value is -3.44. The fourth-order valence-corrected chi connectivity index (χ4v) is 3.46. The summed E-state index contributed by atoms with van der Waals surface area (Å²) in [4.78, 5) is 17.0. The fraction of sp³-hybridized carbons (Fsp3) is 0.391. The van der Waals surface area contributed by atoms with Gasteiger partial charge in [0.05, 0.1) is 35.6 Å². The molecule has 0 aromatic carbocycles. The van der Waals surface area contributed by atoms with Crippen LogP contribution in [-0.4, -0.2) is 34.6 Å². The van der Waals surface area contributed by atoms with Crippen molar-refractivity contribution in [1.29, 1.82) is 5.41 Å². The number of carbonyl (C=O) groups excluding carboxylic acids is 1. The number of aromatic nitrogens is 1. The van der Waals surface area contributed by atoms with E-state index in [1.165, 1.54) is 18.3 Å². The van der Waals surface area contributed by atoms with E-state index < -0.39 is 5.91 Å². The number of allylic oxidation sites excluding steroid dienone is 3. The third-order valence-corrected chi connectivity index (χ3v) is 5.24. The molecule has 1 aromatic heterocycles. The van der Waals surface area contributed by atoms with E-state index in [-0.39, 0.29) is 23.4 Å². The van der Waals surface area contributed by atoms with E-state index in [0.717, 1.165) is 30.4 Å². The number of hydrogen-bond acceptors (Lipinski definition) is 5. The molecular weight excluding hydrogens is 396 g/mol. The van der Waals surface area contributed by atoms with Gasteiger partial charge in [-0.3, -0.25) is 15.4 Å². The molecule has 0 bridgehead atoms. The molecule has 162 valence electrons. The van der Waals surface area contributed by atoms with Crippen molar-refractivity contribution in [2.75, 3.05) is 6.61 Å². The van der Waals surface area contributed by atoms with Gasteiger partial charge in [-0.05, 0) is 49.6 Å². The van der Waals surface area contributed by atoms with Gasteiger partial charge >= 0.3 is 17.8 Å². The van der Waals surface area contributed by atoms with Crippen LogP contribution in [0.3, 0.4) is 0 Å². The molecule has 0 atom stereocenters. The minimum atomic E-state index is -0.508. The van der Waals surface area contributed by atoms with Crippen LogP contribution in [0, 0.1) is 24.3 Å². The predicted octanol–water partition coefficient (Wildman–Crippen LogP) is 2.86. The third kappa shape index (κ3) is 5.58. The lowest BCUT2D eigenvalue weighted by Gasteiger charge is -2.18. The highest BCUT2D eigenvalue weighted by atomic mass is 16.5. The Bertz CT molecular complexity index is 1020. The molecule has 1 heterocycles. The van der Waals surface area contributed by atoms with Crippen LogP contribution in [0.1, 0.15) is 48.8 Å². The number of aliphatic hydroxyl groups excluding tert-OH is 1. The number of ether oxygens (including phenoxy) is 1. The molecule has 3 rings (SSSR count). The first-order valence-corrected chi connectivity index (χ1v) is 10.4. The molecule has 2 aliphatic carbocycles. The number of aryl methyl sites for hydroxylation is 1. The largest absolute Gasteiger partial charge is 0.492 e. The number of nitrogens with zero attached hydrogens (tertiary/aromatic N) is 2. The van der Waals surface area contributed by atoms with E-state index in [2.05, 4.69) is 16.2 Å². The van der Waals surface area contributed by atoms with Gasteiger partial charge in [0.1, 0.15) is 5.76 Å². The highest BCUT2D eigenvalue weighted by molar-refractivity contribution is 6.10. The molecule has 8 nitrogen and oxygen atoms in total. The summed E-state index contributed by atoms with van der Waals surface area (Å²) in [5.74, 6) is 0.0491. The summed E-state index contributed by atoms with van der Waals surface area (Å²) in [6.07, 6.45) is 7.64. The molecule has 8 heteroatoms. The Morgan fingerprint density at radius 2 is 2.10 bits per heavy atom. The Balaban J connectivity index is 1.82. The lowest BCUT2D eigenvalue weighted by molar-refractivity contribution is -0.909. The maximum absolute atomic E-state index is 12.7. The Morgan fingerprint density at radius 1 is 1.35 bits per heavy atom. The van der Waals surface area contributed by atoms with E-state index in [4.69, 9.17) is 10.1 Å². The molecule has 0 spiro atoms. The van der Waals surface area contributed by atoms with Crippen molar-refractivity contribution >= 4 is 11.6 Å². The van der Waals surface area contributed by atoms with Crippen molar-refractivity contribution in [1.82, 2.24) is 5.32 Å². The molecular formula is C23H28N4O4+2. The van der Waals surface area contributed by atoms with Crippen molar-refractivity contribution < 1.29 is 24.6 Å². The average molecular weight is 425 g/mol. The van der Waals surface area contributed by atoms with Gasteiger partial charge in [0, 0.05) is 29.9 Å². The van der Waals surface area contributed by atoms with Gasteiger partial charge in [-0.2, -0.15) is 0 Å². The van der Waals surface area contributed by atoms with E-state index in [9.17, 15) is 15.1 Å². The van der Waals surface area contributed by atoms with Crippen LogP contribution in [0.25, 0.3) is 4.85 Å². The lowest BCUT2D eigenvalue weighted by atomic mass is 9.89. The molecule has 1 aromatic rings. The normalized spacial score (nSPS) is 22.2. The van der Waals surface area contributed by atoms with Crippen molar-refractivity contribution in [3.8, 4) is 6.07 Å². The van der Waals surface area contributed by atoms with Crippen molar-refractivity contribution in [2.24, 2.45) is 5.92 Å². The molecule has 4 N–H and O–H groups in total. The van der Waals surface area contributed by atoms with Gasteiger partial charge in [0.15, 0.2) is 0 Å². The summed E-state index contributed by atoms with van der Waals surface area (Å²) in [7, 11) is 0. The minimum absolute atomic E-state index is 0.0776. The molecule has 0 saturated heterocycles. The topological polar surface area (TPSA) is 111 Å². The van der Waals surface area contributed by atoms with Gasteiger partial charge in [0.2, 0.25) is 5.69 Å². The standard InChI is InChI=1S/C23H27N4O4/c1-3-31-22-12-19(24)17(14-25-13-16-7-9-18(28)10-8-16)11-20(22)26-23(29)21-6-4-5-15(2)27(21)30/h4-6,11-12,14,16,18,24,28H,3,7-10H2,1-2H3,(H-,26,29,30)/q+1/p+1/b17-14-,24-19?. The summed E-state index contributed by atoms with van der Waals surface area (Å²) in [5, 5.41) is 30.7. The Labute approximate surface area is 181 Å². The number of hydrogen-bond donors (Lipinski definition) is 4. The van der Waals surface area contributed by atoms with Crippen LogP contribution in [0.4, 0.5) is 0 Å². The number of nitrogens with one attached hydrogen (secondary N) is 2. The zero-order valence-corrected chi connectivity index (χ0v) is 17.8. The van der Waals surface area contributed by atoms with E-state index in [1.807, 2.05) is 6.92 Å². The fourth-order valence-electron chi connectivity index (χ4n) is 3.46. The zero-order valence-electron chi connectivity index (χ0n) is 17.8. The van der Waals surface area contributed by atoms with Crippen LogP contribution in [0.2, 0.25) is 0 Å². The molecule has 31 heavy (non-hydrogen) atoms. The first-order chi connectivity index (χ1) is 14.9. The number of amides is 1.